The molecule has 18 heavy (non-hydrogen) atoms. The minimum atomic E-state index is -0.814. The third-order valence-electron chi connectivity index (χ3n) is 4.89. The van der Waals surface area contributed by atoms with Gasteiger partial charge < -0.3 is 15.7 Å². The van der Waals surface area contributed by atoms with Crippen molar-refractivity contribution in [1.29, 1.82) is 0 Å². The van der Waals surface area contributed by atoms with Crippen LogP contribution in [-0.4, -0.2) is 29.7 Å². The lowest BCUT2D eigenvalue weighted by molar-refractivity contribution is -0.137. The highest BCUT2D eigenvalue weighted by molar-refractivity contribution is 5.75. The van der Waals surface area contributed by atoms with E-state index in [0.717, 1.165) is 23.7 Å². The Morgan fingerprint density at radius 1 is 1.17 bits per heavy atom. The lowest BCUT2D eigenvalue weighted by atomic mass is 10.0. The highest BCUT2D eigenvalue weighted by atomic mass is 16.4. The summed E-state index contributed by atoms with van der Waals surface area (Å²) in [4.78, 5) is 21.9. The molecule has 3 saturated carbocycles. The zero-order valence-corrected chi connectivity index (χ0v) is 10.4. The molecule has 2 bridgehead atoms. The molecule has 0 aliphatic heterocycles. The second kappa shape index (κ2) is 4.44. The summed E-state index contributed by atoms with van der Waals surface area (Å²) in [6.45, 7) is 0.438. The zero-order valence-electron chi connectivity index (χ0n) is 10.4. The summed E-state index contributed by atoms with van der Waals surface area (Å²) in [6, 6.07) is 0.273. The van der Waals surface area contributed by atoms with Crippen molar-refractivity contribution in [2.24, 2.45) is 23.7 Å². The van der Waals surface area contributed by atoms with Gasteiger partial charge >= 0.3 is 12.0 Å². The average Bonchev–Trinajstić information content (AvgIpc) is 2.73. The van der Waals surface area contributed by atoms with Gasteiger partial charge in [-0.15, -0.1) is 0 Å². The van der Waals surface area contributed by atoms with E-state index in [1.165, 1.54) is 19.3 Å². The number of amides is 2. The number of carboxylic acids is 1. The molecule has 0 aromatic heterocycles. The highest BCUT2D eigenvalue weighted by Gasteiger charge is 2.65. The normalized spacial score (nSPS) is 39.2. The number of hydrogen-bond donors (Lipinski definition) is 3. The third-order valence-corrected chi connectivity index (χ3v) is 4.89. The van der Waals surface area contributed by atoms with Gasteiger partial charge in [-0.05, 0) is 49.4 Å². The Labute approximate surface area is 106 Å². The Balaban J connectivity index is 1.35. The van der Waals surface area contributed by atoms with Gasteiger partial charge in [0.25, 0.3) is 0 Å². The van der Waals surface area contributed by atoms with Crippen molar-refractivity contribution in [3.05, 3.63) is 0 Å². The number of hydrogen-bond acceptors (Lipinski definition) is 2. The number of carbonyl (C=O) groups is 2. The van der Waals surface area contributed by atoms with Crippen molar-refractivity contribution in [2.75, 3.05) is 6.54 Å². The lowest BCUT2D eigenvalue weighted by Crippen LogP contribution is -2.39. The number of carbonyl (C=O) groups excluding carboxylic acids is 1. The predicted octanol–water partition coefficient (Wildman–Crippen LogP) is 1.19. The van der Waals surface area contributed by atoms with Crippen molar-refractivity contribution in [3.8, 4) is 0 Å². The molecule has 3 aliphatic carbocycles. The molecule has 4 unspecified atom stereocenters. The standard InChI is InChI=1S/C13H20N2O3/c16-9(17)2-1-5-14-13(18)15-12-10-7-3-4-8(6-7)11(10)12/h7-8,10-12H,1-6H2,(H,16,17)(H2,14,15,18). The fraction of sp³-hybridized carbons (Fsp3) is 0.846. The van der Waals surface area contributed by atoms with E-state index in [-0.39, 0.29) is 12.5 Å². The average molecular weight is 252 g/mol. The molecule has 3 N–H and O–H groups in total. The van der Waals surface area contributed by atoms with E-state index < -0.39 is 5.97 Å². The van der Waals surface area contributed by atoms with Gasteiger partial charge in [-0.1, -0.05) is 0 Å². The number of rotatable bonds is 5. The topological polar surface area (TPSA) is 78.4 Å². The van der Waals surface area contributed by atoms with Gasteiger partial charge in [0.2, 0.25) is 0 Å². The second-order valence-electron chi connectivity index (χ2n) is 5.91. The smallest absolute Gasteiger partial charge is 0.315 e. The Bertz CT molecular complexity index is 355. The summed E-state index contributed by atoms with van der Waals surface area (Å²) < 4.78 is 0. The van der Waals surface area contributed by atoms with Crippen molar-refractivity contribution >= 4 is 12.0 Å². The summed E-state index contributed by atoms with van der Waals surface area (Å²) in [5.74, 6) is 2.39. The minimum Gasteiger partial charge on any atom is -0.481 e. The van der Waals surface area contributed by atoms with Crippen LogP contribution in [0.3, 0.4) is 0 Å². The predicted molar refractivity (Wildman–Crippen MR) is 65.0 cm³/mol. The van der Waals surface area contributed by atoms with Crippen LogP contribution in [0.25, 0.3) is 0 Å². The molecule has 5 nitrogen and oxygen atoms in total. The zero-order chi connectivity index (χ0) is 12.7. The van der Waals surface area contributed by atoms with Crippen LogP contribution >= 0.6 is 0 Å². The molecule has 0 heterocycles. The van der Waals surface area contributed by atoms with Gasteiger partial charge in [-0.25, -0.2) is 4.79 Å². The SMILES string of the molecule is O=C(O)CCCNC(=O)NC1C2C3CCC(C3)C12. The number of urea groups is 1. The van der Waals surface area contributed by atoms with Gasteiger partial charge in [0.15, 0.2) is 0 Å². The molecule has 3 rings (SSSR count). The lowest BCUT2D eigenvalue weighted by Gasteiger charge is -2.11. The number of fused-ring (bicyclic) bond motifs is 5. The molecule has 0 spiro atoms. The third kappa shape index (κ3) is 2.06. The van der Waals surface area contributed by atoms with Crippen LogP contribution in [0.4, 0.5) is 4.79 Å². The Morgan fingerprint density at radius 2 is 1.83 bits per heavy atom. The van der Waals surface area contributed by atoms with Crippen LogP contribution in [0.5, 0.6) is 0 Å². The first-order valence-electron chi connectivity index (χ1n) is 6.93. The van der Waals surface area contributed by atoms with E-state index >= 15 is 0 Å². The molecular formula is C13H20N2O3. The van der Waals surface area contributed by atoms with E-state index in [1.54, 1.807) is 0 Å². The van der Waals surface area contributed by atoms with Gasteiger partial charge in [0.1, 0.15) is 0 Å². The molecule has 0 aromatic rings. The van der Waals surface area contributed by atoms with Gasteiger partial charge in [0, 0.05) is 19.0 Å². The minimum absolute atomic E-state index is 0.110. The van der Waals surface area contributed by atoms with Crippen molar-refractivity contribution in [2.45, 2.75) is 38.1 Å². The highest BCUT2D eigenvalue weighted by Crippen LogP contribution is 2.65. The van der Waals surface area contributed by atoms with Crippen LogP contribution in [0.2, 0.25) is 0 Å². The molecule has 2 amide bonds. The van der Waals surface area contributed by atoms with E-state index in [4.69, 9.17) is 5.11 Å². The monoisotopic (exact) mass is 252 g/mol. The van der Waals surface area contributed by atoms with Crippen LogP contribution in [0.1, 0.15) is 32.1 Å². The summed E-state index contributed by atoms with van der Waals surface area (Å²) in [6.07, 6.45) is 4.69. The molecular weight excluding hydrogens is 232 g/mol. The maximum absolute atomic E-state index is 11.6. The molecule has 100 valence electrons. The van der Waals surface area contributed by atoms with Gasteiger partial charge in [-0.3, -0.25) is 4.79 Å². The molecule has 3 fully saturated rings. The summed E-state index contributed by atoms with van der Waals surface area (Å²) in [5.41, 5.74) is 0. The molecule has 4 atom stereocenters. The molecule has 3 aliphatic rings. The number of carboxylic acid groups (broad SMARTS) is 1. The number of nitrogens with one attached hydrogen (secondary N) is 2. The van der Waals surface area contributed by atoms with Gasteiger partial charge in [-0.2, -0.15) is 0 Å². The first-order chi connectivity index (χ1) is 8.66. The Kier molecular flexibility index (Phi) is 2.92. The largest absolute Gasteiger partial charge is 0.481 e. The number of aliphatic carboxylic acids is 1. The quantitative estimate of drug-likeness (QED) is 0.643. The maximum Gasteiger partial charge on any atom is 0.315 e. The van der Waals surface area contributed by atoms with Crippen LogP contribution in [0.15, 0.2) is 0 Å². The van der Waals surface area contributed by atoms with Crippen molar-refractivity contribution < 1.29 is 14.7 Å². The van der Waals surface area contributed by atoms with Crippen molar-refractivity contribution in [3.63, 3.8) is 0 Å². The van der Waals surface area contributed by atoms with Crippen LogP contribution < -0.4 is 10.6 Å². The van der Waals surface area contributed by atoms with E-state index in [0.29, 0.717) is 19.0 Å². The Hall–Kier alpha value is -1.26. The summed E-state index contributed by atoms with van der Waals surface area (Å²) >= 11 is 0. The maximum atomic E-state index is 11.6. The first kappa shape index (κ1) is 11.8. The van der Waals surface area contributed by atoms with Crippen LogP contribution in [-0.2, 0) is 4.79 Å². The molecule has 0 radical (unpaired) electrons. The fourth-order valence-corrected chi connectivity index (χ4v) is 4.16. The molecule has 0 aromatic carbocycles. The van der Waals surface area contributed by atoms with Crippen LogP contribution in [0, 0.1) is 23.7 Å². The molecule has 0 saturated heterocycles. The Morgan fingerprint density at radius 3 is 2.44 bits per heavy atom. The van der Waals surface area contributed by atoms with E-state index in [2.05, 4.69) is 10.6 Å². The second-order valence-corrected chi connectivity index (χ2v) is 5.91. The molecule has 5 heteroatoms. The van der Waals surface area contributed by atoms with E-state index in [9.17, 15) is 9.59 Å². The summed E-state index contributed by atoms with van der Waals surface area (Å²) in [7, 11) is 0. The van der Waals surface area contributed by atoms with Crippen molar-refractivity contribution in [1.82, 2.24) is 10.6 Å². The summed E-state index contributed by atoms with van der Waals surface area (Å²) in [5, 5.41) is 14.3. The van der Waals surface area contributed by atoms with E-state index in [1.807, 2.05) is 0 Å². The van der Waals surface area contributed by atoms with Gasteiger partial charge in [0.05, 0.1) is 0 Å². The first-order valence-corrected chi connectivity index (χ1v) is 6.93. The fourth-order valence-electron chi connectivity index (χ4n) is 4.16.